The number of ether oxygens (including phenoxy) is 1. The van der Waals surface area contributed by atoms with Gasteiger partial charge in [0.15, 0.2) is 34.2 Å². The summed E-state index contributed by atoms with van der Waals surface area (Å²) in [5, 5.41) is 10.1. The fourth-order valence-corrected chi connectivity index (χ4v) is 2.33. The summed E-state index contributed by atoms with van der Waals surface area (Å²) in [6, 6.07) is 1.68. The van der Waals surface area contributed by atoms with Gasteiger partial charge in [-0.1, -0.05) is 0 Å². The van der Waals surface area contributed by atoms with E-state index in [9.17, 15) is 17.6 Å². The molecule has 0 fully saturated rings. The molecule has 0 saturated carbocycles. The molecule has 142 valence electrons. The zero-order chi connectivity index (χ0) is 19.1. The first-order chi connectivity index (χ1) is 12.4. The molecule has 0 spiro atoms. The van der Waals surface area contributed by atoms with E-state index >= 15 is 0 Å². The Kier molecular flexibility index (Phi) is 7.34. The number of halogens is 4. The molecule has 1 aromatic heterocycles. The van der Waals surface area contributed by atoms with Crippen molar-refractivity contribution in [3.05, 3.63) is 47.2 Å². The van der Waals surface area contributed by atoms with E-state index in [1.807, 2.05) is 6.92 Å². The van der Waals surface area contributed by atoms with Gasteiger partial charge in [0.1, 0.15) is 0 Å². The lowest BCUT2D eigenvalue weighted by atomic mass is 10.2. The van der Waals surface area contributed by atoms with Gasteiger partial charge in [0.2, 0.25) is 0 Å². The highest BCUT2D eigenvalue weighted by molar-refractivity contribution is 7.80. The van der Waals surface area contributed by atoms with Gasteiger partial charge in [0.25, 0.3) is 0 Å². The highest BCUT2D eigenvalue weighted by Crippen LogP contribution is 2.20. The number of nitrogens with zero attached hydrogens (tertiary/aromatic N) is 2. The molecule has 1 aromatic carbocycles. The maximum atomic E-state index is 13.7. The van der Waals surface area contributed by atoms with Crippen molar-refractivity contribution in [1.29, 1.82) is 0 Å². The molecular weight excluding hydrogens is 372 g/mol. The standard InChI is InChI=1S/C16H18F4N4OS/c1-2-25-7-3-5-21-16(26)22-13-4-6-24(23-13)9-10-14(19)11(17)8-12(18)15(10)20/h4,6,8H,2-3,5,7,9H2,1H3,(H2,21,22,23,26). The van der Waals surface area contributed by atoms with Gasteiger partial charge in [-0.3, -0.25) is 4.68 Å². The van der Waals surface area contributed by atoms with Crippen LogP contribution in [0.1, 0.15) is 18.9 Å². The predicted octanol–water partition coefficient (Wildman–Crippen LogP) is 3.20. The maximum absolute atomic E-state index is 13.7. The van der Waals surface area contributed by atoms with Crippen molar-refractivity contribution in [3.8, 4) is 0 Å². The van der Waals surface area contributed by atoms with Gasteiger partial charge in [0, 0.05) is 38.1 Å². The van der Waals surface area contributed by atoms with E-state index in [4.69, 9.17) is 17.0 Å². The largest absolute Gasteiger partial charge is 0.382 e. The maximum Gasteiger partial charge on any atom is 0.171 e. The Morgan fingerprint density at radius 1 is 1.23 bits per heavy atom. The average Bonchev–Trinajstić information content (AvgIpc) is 3.03. The van der Waals surface area contributed by atoms with Crippen LogP contribution in [0.2, 0.25) is 0 Å². The Labute approximate surface area is 153 Å². The first kappa shape index (κ1) is 20.1. The Hall–Kier alpha value is -2.20. The van der Waals surface area contributed by atoms with Gasteiger partial charge >= 0.3 is 0 Å². The predicted molar refractivity (Wildman–Crippen MR) is 92.9 cm³/mol. The topological polar surface area (TPSA) is 51.1 Å². The van der Waals surface area contributed by atoms with Crippen LogP contribution in [0.15, 0.2) is 18.3 Å². The Balaban J connectivity index is 1.93. The van der Waals surface area contributed by atoms with Crippen molar-refractivity contribution >= 4 is 23.1 Å². The fraction of sp³-hybridized carbons (Fsp3) is 0.375. The first-order valence-electron chi connectivity index (χ1n) is 7.90. The number of hydrogen-bond acceptors (Lipinski definition) is 3. The molecule has 0 saturated heterocycles. The molecule has 2 N–H and O–H groups in total. The molecule has 0 atom stereocenters. The average molecular weight is 390 g/mol. The molecule has 0 aliphatic heterocycles. The lowest BCUT2D eigenvalue weighted by Crippen LogP contribution is -2.30. The molecule has 10 heteroatoms. The van der Waals surface area contributed by atoms with Crippen LogP contribution in [-0.4, -0.2) is 34.7 Å². The quantitative estimate of drug-likeness (QED) is 0.314. The molecule has 5 nitrogen and oxygen atoms in total. The lowest BCUT2D eigenvalue weighted by Gasteiger charge is -2.09. The molecule has 2 rings (SSSR count). The van der Waals surface area contributed by atoms with E-state index in [2.05, 4.69) is 15.7 Å². The van der Waals surface area contributed by atoms with E-state index in [0.29, 0.717) is 30.7 Å². The second-order valence-electron chi connectivity index (χ2n) is 5.28. The summed E-state index contributed by atoms with van der Waals surface area (Å²) in [6.45, 7) is 3.30. The van der Waals surface area contributed by atoms with Crippen molar-refractivity contribution in [2.24, 2.45) is 0 Å². The molecular formula is C16H18F4N4OS. The smallest absolute Gasteiger partial charge is 0.171 e. The zero-order valence-corrected chi connectivity index (χ0v) is 14.8. The summed E-state index contributed by atoms with van der Waals surface area (Å²) in [5.41, 5.74) is -0.742. The third-order valence-corrected chi connectivity index (χ3v) is 3.61. The van der Waals surface area contributed by atoms with Crippen molar-refractivity contribution in [2.75, 3.05) is 25.1 Å². The molecule has 1 heterocycles. The Morgan fingerprint density at radius 3 is 2.58 bits per heavy atom. The number of benzene rings is 1. The van der Waals surface area contributed by atoms with Crippen LogP contribution in [0.25, 0.3) is 0 Å². The molecule has 0 radical (unpaired) electrons. The second-order valence-corrected chi connectivity index (χ2v) is 5.68. The van der Waals surface area contributed by atoms with Gasteiger partial charge in [-0.15, -0.1) is 0 Å². The van der Waals surface area contributed by atoms with Crippen molar-refractivity contribution < 1.29 is 22.3 Å². The fourth-order valence-electron chi connectivity index (χ4n) is 2.12. The Bertz CT molecular complexity index is 743. The van der Waals surface area contributed by atoms with Gasteiger partial charge in [-0.25, -0.2) is 17.6 Å². The van der Waals surface area contributed by atoms with E-state index < -0.39 is 35.4 Å². The van der Waals surface area contributed by atoms with Crippen LogP contribution in [0.3, 0.4) is 0 Å². The third kappa shape index (κ3) is 5.40. The number of thiocarbonyl (C=S) groups is 1. The minimum atomic E-state index is -1.46. The summed E-state index contributed by atoms with van der Waals surface area (Å²) >= 11 is 5.10. The molecule has 0 aliphatic rings. The zero-order valence-electron chi connectivity index (χ0n) is 14.0. The van der Waals surface area contributed by atoms with Crippen LogP contribution < -0.4 is 10.6 Å². The van der Waals surface area contributed by atoms with Gasteiger partial charge in [-0.05, 0) is 25.6 Å². The van der Waals surface area contributed by atoms with Crippen molar-refractivity contribution in [3.63, 3.8) is 0 Å². The Morgan fingerprint density at radius 2 is 1.92 bits per heavy atom. The molecule has 0 aliphatic carbocycles. The summed E-state index contributed by atoms with van der Waals surface area (Å²) in [4.78, 5) is 0. The normalized spacial score (nSPS) is 10.8. The van der Waals surface area contributed by atoms with Crippen LogP contribution in [0, 0.1) is 23.3 Å². The van der Waals surface area contributed by atoms with Gasteiger partial charge < -0.3 is 15.4 Å². The third-order valence-electron chi connectivity index (χ3n) is 3.36. The molecule has 2 aromatic rings. The highest BCUT2D eigenvalue weighted by atomic mass is 32.1. The number of aromatic nitrogens is 2. The SMILES string of the molecule is CCOCCCNC(=S)Nc1ccn(Cc2c(F)c(F)cc(F)c2F)n1. The molecule has 26 heavy (non-hydrogen) atoms. The van der Waals surface area contributed by atoms with Gasteiger partial charge in [0.05, 0.1) is 12.1 Å². The van der Waals surface area contributed by atoms with Crippen molar-refractivity contribution in [1.82, 2.24) is 15.1 Å². The highest BCUT2D eigenvalue weighted by Gasteiger charge is 2.19. The monoisotopic (exact) mass is 390 g/mol. The number of rotatable bonds is 8. The summed E-state index contributed by atoms with van der Waals surface area (Å²) in [5.74, 6) is -5.48. The van der Waals surface area contributed by atoms with Crippen LogP contribution in [0.5, 0.6) is 0 Å². The number of nitrogens with one attached hydrogen (secondary N) is 2. The molecule has 0 unspecified atom stereocenters. The molecule has 0 bridgehead atoms. The van der Waals surface area contributed by atoms with E-state index in [0.717, 1.165) is 11.1 Å². The number of anilines is 1. The van der Waals surface area contributed by atoms with Crippen LogP contribution >= 0.6 is 12.2 Å². The summed E-state index contributed by atoms with van der Waals surface area (Å²) in [7, 11) is 0. The van der Waals surface area contributed by atoms with Crippen LogP contribution in [-0.2, 0) is 11.3 Å². The van der Waals surface area contributed by atoms with E-state index in [-0.39, 0.29) is 6.07 Å². The van der Waals surface area contributed by atoms with E-state index in [1.54, 1.807) is 0 Å². The lowest BCUT2D eigenvalue weighted by molar-refractivity contribution is 0.146. The summed E-state index contributed by atoms with van der Waals surface area (Å²) in [6.07, 6.45) is 2.18. The molecule has 0 amide bonds. The minimum Gasteiger partial charge on any atom is -0.382 e. The minimum absolute atomic E-state index is 0.167. The van der Waals surface area contributed by atoms with Crippen LogP contribution in [0.4, 0.5) is 23.4 Å². The summed E-state index contributed by atoms with van der Waals surface area (Å²) < 4.78 is 60.2. The second kappa shape index (κ2) is 9.48. The van der Waals surface area contributed by atoms with Gasteiger partial charge in [-0.2, -0.15) is 5.10 Å². The first-order valence-corrected chi connectivity index (χ1v) is 8.31. The van der Waals surface area contributed by atoms with E-state index in [1.165, 1.54) is 12.3 Å². The van der Waals surface area contributed by atoms with Crippen molar-refractivity contribution in [2.45, 2.75) is 19.9 Å². The number of hydrogen-bond donors (Lipinski definition) is 2.